The fraction of sp³-hybridized carbons (Fsp3) is 0.333. The van der Waals surface area contributed by atoms with Crippen molar-refractivity contribution in [3.8, 4) is 28.0 Å². The summed E-state index contributed by atoms with van der Waals surface area (Å²) in [4.78, 5) is 0. The molecule has 0 radical (unpaired) electrons. The van der Waals surface area contributed by atoms with E-state index in [9.17, 15) is 17.6 Å². The molecular formula is C36H31F9O2. The van der Waals surface area contributed by atoms with Crippen molar-refractivity contribution >= 4 is 0 Å². The van der Waals surface area contributed by atoms with E-state index in [-0.39, 0.29) is 34.3 Å². The first-order valence-corrected chi connectivity index (χ1v) is 15.2. The maximum atomic E-state index is 15.2. The Hall–Kier alpha value is -3.99. The first-order chi connectivity index (χ1) is 22.4. The fourth-order valence-electron chi connectivity index (χ4n) is 5.85. The summed E-state index contributed by atoms with van der Waals surface area (Å²) in [5, 5.41) is 0. The Balaban J connectivity index is 1.30. The molecule has 4 aromatic carbocycles. The Morgan fingerprint density at radius 3 is 1.91 bits per heavy atom. The molecule has 1 aliphatic carbocycles. The molecule has 250 valence electrons. The van der Waals surface area contributed by atoms with Gasteiger partial charge in [-0.3, -0.25) is 0 Å². The molecule has 0 heterocycles. The molecule has 0 saturated heterocycles. The van der Waals surface area contributed by atoms with Gasteiger partial charge in [0, 0.05) is 23.8 Å². The Kier molecular flexibility index (Phi) is 10.5. The van der Waals surface area contributed by atoms with Crippen molar-refractivity contribution in [2.75, 3.05) is 6.61 Å². The van der Waals surface area contributed by atoms with Crippen LogP contribution in [-0.4, -0.2) is 12.7 Å². The Morgan fingerprint density at radius 2 is 1.32 bits per heavy atom. The van der Waals surface area contributed by atoms with E-state index in [4.69, 9.17) is 4.74 Å². The summed E-state index contributed by atoms with van der Waals surface area (Å²) in [6, 6.07) is 10.1. The highest BCUT2D eigenvalue weighted by Crippen LogP contribution is 2.40. The van der Waals surface area contributed by atoms with Crippen molar-refractivity contribution in [1.29, 1.82) is 0 Å². The number of ether oxygens (including phenoxy) is 2. The minimum Gasteiger partial charge on any atom is -0.429 e. The lowest BCUT2D eigenvalue weighted by Crippen LogP contribution is -2.25. The highest BCUT2D eigenvalue weighted by atomic mass is 19.3. The molecule has 0 unspecified atom stereocenters. The van der Waals surface area contributed by atoms with E-state index in [2.05, 4.69) is 11.7 Å². The molecule has 2 nitrogen and oxygen atoms in total. The van der Waals surface area contributed by atoms with E-state index in [1.165, 1.54) is 12.1 Å². The van der Waals surface area contributed by atoms with Gasteiger partial charge in [-0.15, -0.1) is 0 Å². The highest BCUT2D eigenvalue weighted by molar-refractivity contribution is 5.67. The lowest BCUT2D eigenvalue weighted by Gasteiger charge is -2.29. The first-order valence-electron chi connectivity index (χ1n) is 15.2. The van der Waals surface area contributed by atoms with Gasteiger partial charge in [-0.05, 0) is 97.2 Å². The second-order valence-corrected chi connectivity index (χ2v) is 11.5. The van der Waals surface area contributed by atoms with Crippen LogP contribution in [0.15, 0.2) is 66.7 Å². The van der Waals surface area contributed by atoms with E-state index in [0.29, 0.717) is 30.9 Å². The predicted octanol–water partition coefficient (Wildman–Crippen LogP) is 11.6. The fourth-order valence-corrected chi connectivity index (χ4v) is 5.85. The van der Waals surface area contributed by atoms with Gasteiger partial charge < -0.3 is 9.47 Å². The normalized spacial score (nSPS) is 16.9. The quantitative estimate of drug-likeness (QED) is 0.117. The van der Waals surface area contributed by atoms with Gasteiger partial charge in [-0.1, -0.05) is 31.5 Å². The molecule has 4 aromatic rings. The number of hydrogen-bond acceptors (Lipinski definition) is 2. The van der Waals surface area contributed by atoms with Crippen LogP contribution in [0.5, 0.6) is 5.75 Å². The van der Waals surface area contributed by atoms with Crippen LogP contribution >= 0.6 is 0 Å². The Labute approximate surface area is 266 Å². The monoisotopic (exact) mass is 666 g/mol. The SMILES string of the molecule is CCCCOC1CCC(c2ccc(-c3cc(F)c(C(F)(F)Oc4ccc(-c5ccc(C(F)F)c(F)c5)c(F)c4)c(F)c3)c(F)c2)CC1. The van der Waals surface area contributed by atoms with E-state index in [1.807, 2.05) is 0 Å². The summed E-state index contributed by atoms with van der Waals surface area (Å²) in [6.45, 7) is 2.79. The third-order valence-corrected chi connectivity index (χ3v) is 8.37. The van der Waals surface area contributed by atoms with Crippen molar-refractivity contribution < 1.29 is 49.0 Å². The molecule has 0 aliphatic heterocycles. The standard InChI is InChI=1S/C36H31F9O2/c1-2-3-14-46-24-8-4-20(5-9-24)21-6-11-27(29(37)15-21)23-17-32(40)34(33(41)18-23)36(44,45)47-25-10-13-26(31(39)19-25)22-7-12-28(35(42)43)30(38)16-22/h6-7,10-13,15-20,24,35H,2-5,8-9,14H2,1H3. The molecule has 0 aromatic heterocycles. The van der Waals surface area contributed by atoms with Gasteiger partial charge in [-0.2, -0.15) is 8.78 Å². The molecule has 1 aliphatic rings. The van der Waals surface area contributed by atoms with Crippen LogP contribution in [0.4, 0.5) is 39.5 Å². The summed E-state index contributed by atoms with van der Waals surface area (Å²) in [5.74, 6) is -7.43. The van der Waals surface area contributed by atoms with Crippen LogP contribution < -0.4 is 4.74 Å². The minimum atomic E-state index is -4.63. The van der Waals surface area contributed by atoms with E-state index in [1.54, 1.807) is 6.07 Å². The van der Waals surface area contributed by atoms with E-state index >= 15 is 22.0 Å². The number of alkyl halides is 4. The second-order valence-electron chi connectivity index (χ2n) is 11.5. The van der Waals surface area contributed by atoms with Crippen molar-refractivity contribution in [2.24, 2.45) is 0 Å². The molecule has 0 spiro atoms. The predicted molar refractivity (Wildman–Crippen MR) is 159 cm³/mol. The molecule has 0 amide bonds. The summed E-state index contributed by atoms with van der Waals surface area (Å²) >= 11 is 0. The number of unbranched alkanes of at least 4 members (excludes halogenated alkanes) is 1. The average molecular weight is 667 g/mol. The minimum absolute atomic E-state index is 0.0855. The number of rotatable bonds is 11. The highest BCUT2D eigenvalue weighted by Gasteiger charge is 2.41. The van der Waals surface area contributed by atoms with Crippen LogP contribution in [0.2, 0.25) is 0 Å². The topological polar surface area (TPSA) is 18.5 Å². The molecule has 0 N–H and O–H groups in total. The molecular weight excluding hydrogens is 635 g/mol. The van der Waals surface area contributed by atoms with Gasteiger partial charge in [-0.25, -0.2) is 30.7 Å². The molecule has 1 fully saturated rings. The van der Waals surface area contributed by atoms with E-state index < -0.39 is 58.5 Å². The summed E-state index contributed by atoms with van der Waals surface area (Å²) in [5.41, 5.74) is -2.92. The molecule has 1 saturated carbocycles. The third kappa shape index (κ3) is 7.77. The number of hydrogen-bond donors (Lipinski definition) is 0. The first kappa shape index (κ1) is 34.3. The number of halogens is 9. The number of benzene rings is 4. The van der Waals surface area contributed by atoms with Crippen LogP contribution in [0.1, 0.15) is 74.5 Å². The van der Waals surface area contributed by atoms with Gasteiger partial charge in [0.1, 0.15) is 40.4 Å². The summed E-state index contributed by atoms with van der Waals surface area (Å²) in [6.07, 6.45) is -2.28. The van der Waals surface area contributed by atoms with Crippen LogP contribution in [-0.2, 0) is 10.8 Å². The molecule has 0 atom stereocenters. The Bertz CT molecular complexity index is 1690. The Morgan fingerprint density at radius 1 is 0.702 bits per heavy atom. The summed E-state index contributed by atoms with van der Waals surface area (Å²) < 4.78 is 140. The maximum Gasteiger partial charge on any atom is 0.432 e. The maximum absolute atomic E-state index is 15.2. The zero-order valence-corrected chi connectivity index (χ0v) is 25.3. The van der Waals surface area contributed by atoms with Crippen molar-refractivity contribution in [3.63, 3.8) is 0 Å². The van der Waals surface area contributed by atoms with Crippen molar-refractivity contribution in [3.05, 3.63) is 113 Å². The second kappa shape index (κ2) is 14.4. The molecule has 0 bridgehead atoms. The van der Waals surface area contributed by atoms with Crippen molar-refractivity contribution in [2.45, 2.75) is 70.0 Å². The molecule has 5 rings (SSSR count). The van der Waals surface area contributed by atoms with Crippen LogP contribution in [0.25, 0.3) is 22.3 Å². The lowest BCUT2D eigenvalue weighted by molar-refractivity contribution is -0.189. The third-order valence-electron chi connectivity index (χ3n) is 8.37. The smallest absolute Gasteiger partial charge is 0.429 e. The lowest BCUT2D eigenvalue weighted by atomic mass is 9.82. The zero-order valence-electron chi connectivity index (χ0n) is 25.3. The van der Waals surface area contributed by atoms with Crippen molar-refractivity contribution in [1.82, 2.24) is 0 Å². The zero-order chi connectivity index (χ0) is 33.9. The van der Waals surface area contributed by atoms with Gasteiger partial charge in [0.05, 0.1) is 11.7 Å². The summed E-state index contributed by atoms with van der Waals surface area (Å²) in [7, 11) is 0. The van der Waals surface area contributed by atoms with Crippen LogP contribution in [0, 0.1) is 29.1 Å². The largest absolute Gasteiger partial charge is 0.432 e. The van der Waals surface area contributed by atoms with Crippen LogP contribution in [0.3, 0.4) is 0 Å². The van der Waals surface area contributed by atoms with Gasteiger partial charge >= 0.3 is 6.11 Å². The van der Waals surface area contributed by atoms with Gasteiger partial charge in [0.2, 0.25) is 0 Å². The van der Waals surface area contributed by atoms with Gasteiger partial charge in [0.15, 0.2) is 0 Å². The van der Waals surface area contributed by atoms with Gasteiger partial charge in [0.25, 0.3) is 6.43 Å². The molecule has 47 heavy (non-hydrogen) atoms. The molecule has 11 heteroatoms. The van der Waals surface area contributed by atoms with E-state index in [0.717, 1.165) is 68.4 Å². The average Bonchev–Trinajstić information content (AvgIpc) is 3.00.